The number of methoxy groups -OCH3 is 1. The van der Waals surface area contributed by atoms with E-state index < -0.39 is 0 Å². The van der Waals surface area contributed by atoms with Gasteiger partial charge in [-0.2, -0.15) is 20.1 Å². The van der Waals surface area contributed by atoms with Crippen LogP contribution in [-0.4, -0.2) is 86.0 Å². The van der Waals surface area contributed by atoms with Gasteiger partial charge in [-0.3, -0.25) is 0 Å². The first-order chi connectivity index (χ1) is 15.1. The van der Waals surface area contributed by atoms with E-state index in [9.17, 15) is 5.11 Å². The van der Waals surface area contributed by atoms with Crippen molar-refractivity contribution in [2.75, 3.05) is 74.9 Å². The Bertz CT molecular complexity index is 897. The van der Waals surface area contributed by atoms with Gasteiger partial charge in [0.25, 0.3) is 0 Å². The highest BCUT2D eigenvalue weighted by molar-refractivity contribution is 6.31. The summed E-state index contributed by atoms with van der Waals surface area (Å²) in [6, 6.07) is 3.10. The number of hydrogen-bond acceptors (Lipinski definition) is 11. The van der Waals surface area contributed by atoms with Crippen LogP contribution in [0.2, 0.25) is 5.02 Å². The number of aromatic nitrogens is 3. The Kier molecular flexibility index (Phi) is 6.85. The molecule has 0 spiro atoms. The van der Waals surface area contributed by atoms with Crippen LogP contribution in [0.1, 0.15) is 5.56 Å². The zero-order chi connectivity index (χ0) is 21.6. The van der Waals surface area contributed by atoms with E-state index >= 15 is 0 Å². The highest BCUT2D eigenvalue weighted by atomic mass is 35.5. The number of benzene rings is 1. The maximum Gasteiger partial charge on any atom is 0.250 e. The Labute approximate surface area is 184 Å². The lowest BCUT2D eigenvalue weighted by Gasteiger charge is -2.30. The summed E-state index contributed by atoms with van der Waals surface area (Å²) in [7, 11) is 1.45. The minimum absolute atomic E-state index is 0.0592. The molecule has 0 unspecified atom stereocenters. The van der Waals surface area contributed by atoms with Gasteiger partial charge in [0.2, 0.25) is 17.8 Å². The maximum atomic E-state index is 10.3. The summed E-state index contributed by atoms with van der Waals surface area (Å²) in [5.41, 5.74) is 3.23. The first-order valence-corrected chi connectivity index (χ1v) is 10.3. The van der Waals surface area contributed by atoms with Crippen molar-refractivity contribution in [3.8, 4) is 11.5 Å². The van der Waals surface area contributed by atoms with Gasteiger partial charge >= 0.3 is 0 Å². The molecule has 0 aliphatic carbocycles. The molecule has 2 aliphatic rings. The van der Waals surface area contributed by atoms with E-state index in [0.717, 1.165) is 0 Å². The fourth-order valence-corrected chi connectivity index (χ4v) is 3.44. The normalized spacial score (nSPS) is 17.2. The Hall–Kier alpha value is -2.89. The molecule has 0 radical (unpaired) electrons. The molecule has 4 rings (SSSR count). The zero-order valence-electron chi connectivity index (χ0n) is 17.1. The molecule has 2 aromatic rings. The van der Waals surface area contributed by atoms with Crippen molar-refractivity contribution in [3.63, 3.8) is 0 Å². The maximum absolute atomic E-state index is 10.3. The molecule has 2 N–H and O–H groups in total. The van der Waals surface area contributed by atoms with Crippen molar-refractivity contribution in [1.29, 1.82) is 0 Å². The monoisotopic (exact) mass is 449 g/mol. The lowest BCUT2D eigenvalue weighted by molar-refractivity contribution is 0.121. The molecular weight excluding hydrogens is 426 g/mol. The zero-order valence-corrected chi connectivity index (χ0v) is 17.9. The van der Waals surface area contributed by atoms with Crippen LogP contribution < -0.4 is 20.0 Å². The molecule has 11 nitrogen and oxygen atoms in total. The number of phenolic OH excluding ortho intramolecular Hbond substituents is 1. The van der Waals surface area contributed by atoms with Crippen molar-refractivity contribution in [1.82, 2.24) is 15.0 Å². The third kappa shape index (κ3) is 5.24. The summed E-state index contributed by atoms with van der Waals surface area (Å²) in [6.07, 6.45) is 1.43. The summed E-state index contributed by atoms with van der Waals surface area (Å²) in [5.74, 6) is 1.62. The molecule has 0 amide bonds. The molecule has 1 aromatic heterocycles. The third-order valence-electron chi connectivity index (χ3n) is 4.86. The van der Waals surface area contributed by atoms with Crippen molar-refractivity contribution in [2.45, 2.75) is 0 Å². The number of hydrogen-bond donors (Lipinski definition) is 2. The number of nitrogens with zero attached hydrogens (tertiary/aromatic N) is 6. The Morgan fingerprint density at radius 1 is 1.03 bits per heavy atom. The number of nitrogens with one attached hydrogen (secondary N) is 1. The summed E-state index contributed by atoms with van der Waals surface area (Å²) >= 11 is 6.07. The highest BCUT2D eigenvalue weighted by Crippen LogP contribution is 2.32. The van der Waals surface area contributed by atoms with E-state index in [1.165, 1.54) is 19.4 Å². The minimum atomic E-state index is -0.0592. The van der Waals surface area contributed by atoms with Gasteiger partial charge in [0.05, 0.1) is 39.8 Å². The van der Waals surface area contributed by atoms with Gasteiger partial charge in [0.1, 0.15) is 0 Å². The Morgan fingerprint density at radius 2 is 1.61 bits per heavy atom. The fourth-order valence-electron chi connectivity index (χ4n) is 3.22. The van der Waals surface area contributed by atoms with E-state index in [4.69, 9.17) is 25.8 Å². The summed E-state index contributed by atoms with van der Waals surface area (Å²) < 4.78 is 16.0. The van der Waals surface area contributed by atoms with Crippen LogP contribution in [0, 0.1) is 0 Å². The van der Waals surface area contributed by atoms with Crippen LogP contribution >= 0.6 is 11.6 Å². The Morgan fingerprint density at radius 3 is 2.16 bits per heavy atom. The first-order valence-electron chi connectivity index (χ1n) is 9.91. The van der Waals surface area contributed by atoms with Crippen LogP contribution in [0.3, 0.4) is 0 Å². The van der Waals surface area contributed by atoms with Crippen molar-refractivity contribution < 1.29 is 19.3 Å². The van der Waals surface area contributed by atoms with Crippen LogP contribution in [0.5, 0.6) is 11.5 Å². The molecule has 0 saturated carbocycles. The van der Waals surface area contributed by atoms with Crippen LogP contribution in [0.15, 0.2) is 17.2 Å². The fraction of sp³-hybridized carbons (Fsp3) is 0.474. The first kappa shape index (κ1) is 21.3. The predicted octanol–water partition coefficient (Wildman–Crippen LogP) is 1.36. The molecule has 2 aliphatic heterocycles. The number of ether oxygens (including phenoxy) is 3. The second-order valence-corrected chi connectivity index (χ2v) is 7.31. The number of morpholine rings is 2. The third-order valence-corrected chi connectivity index (χ3v) is 5.08. The molecule has 166 valence electrons. The molecular formula is C19H24ClN7O4. The molecule has 3 heterocycles. The predicted molar refractivity (Wildman–Crippen MR) is 117 cm³/mol. The van der Waals surface area contributed by atoms with E-state index in [1.54, 1.807) is 6.07 Å². The Balaban J connectivity index is 1.58. The SMILES string of the molecule is COc1cc(Cl)cc(C=NNc2nc(N3CCOCC3)nc(N3CCOCC3)n2)c1O. The van der Waals surface area contributed by atoms with Gasteiger partial charge in [0.15, 0.2) is 11.5 Å². The van der Waals surface area contributed by atoms with Gasteiger partial charge in [0, 0.05) is 42.8 Å². The van der Waals surface area contributed by atoms with Crippen molar-refractivity contribution in [2.24, 2.45) is 5.10 Å². The lowest BCUT2D eigenvalue weighted by atomic mass is 10.2. The van der Waals surface area contributed by atoms with Crippen molar-refractivity contribution in [3.05, 3.63) is 22.7 Å². The van der Waals surface area contributed by atoms with E-state index in [-0.39, 0.29) is 11.5 Å². The van der Waals surface area contributed by atoms with E-state index in [0.29, 0.717) is 81.0 Å². The largest absolute Gasteiger partial charge is 0.504 e. The van der Waals surface area contributed by atoms with Crippen molar-refractivity contribution >= 4 is 35.7 Å². The summed E-state index contributed by atoms with van der Waals surface area (Å²) in [5, 5.41) is 14.8. The second-order valence-electron chi connectivity index (χ2n) is 6.87. The molecule has 2 fully saturated rings. The number of phenols is 1. The number of hydrazone groups is 1. The lowest BCUT2D eigenvalue weighted by Crippen LogP contribution is -2.40. The average Bonchev–Trinajstić information content (AvgIpc) is 2.82. The summed E-state index contributed by atoms with van der Waals surface area (Å²) in [4.78, 5) is 17.8. The second kappa shape index (κ2) is 9.94. The van der Waals surface area contributed by atoms with Crippen LogP contribution in [0.25, 0.3) is 0 Å². The van der Waals surface area contributed by atoms with E-state index in [2.05, 4.69) is 35.3 Å². The molecule has 12 heteroatoms. The van der Waals surface area contributed by atoms with E-state index in [1.807, 2.05) is 0 Å². The van der Waals surface area contributed by atoms with Gasteiger partial charge in [-0.1, -0.05) is 11.6 Å². The number of halogens is 1. The quantitative estimate of drug-likeness (QED) is 0.494. The van der Waals surface area contributed by atoms with Crippen LogP contribution in [0.4, 0.5) is 17.8 Å². The smallest absolute Gasteiger partial charge is 0.250 e. The van der Waals surface area contributed by atoms with Crippen LogP contribution in [-0.2, 0) is 9.47 Å². The average molecular weight is 450 g/mol. The summed E-state index contributed by atoms with van der Waals surface area (Å²) in [6.45, 7) is 5.28. The molecule has 31 heavy (non-hydrogen) atoms. The molecule has 2 saturated heterocycles. The number of rotatable bonds is 6. The van der Waals surface area contributed by atoms with Gasteiger partial charge < -0.3 is 29.1 Å². The highest BCUT2D eigenvalue weighted by Gasteiger charge is 2.20. The number of anilines is 3. The standard InChI is InChI=1S/C19H24ClN7O4/c1-29-15-11-14(20)10-13(16(15)28)12-21-25-17-22-18(26-2-6-30-7-3-26)24-19(23-17)27-4-8-31-9-5-27/h10-12,28H,2-9H2,1H3,(H,22,23,24,25). The van der Waals surface area contributed by atoms with Gasteiger partial charge in [-0.25, -0.2) is 5.43 Å². The van der Waals surface area contributed by atoms with Gasteiger partial charge in [-0.05, 0) is 6.07 Å². The number of aromatic hydroxyl groups is 1. The van der Waals surface area contributed by atoms with Gasteiger partial charge in [-0.15, -0.1) is 0 Å². The molecule has 0 bridgehead atoms. The molecule has 0 atom stereocenters. The molecule has 1 aromatic carbocycles. The minimum Gasteiger partial charge on any atom is -0.504 e. The topological polar surface area (TPSA) is 117 Å².